The molecule has 1 aromatic heterocycles. The maximum Gasteiger partial charge on any atom is 0.338 e. The number of benzene rings is 2. The monoisotopic (exact) mass is 427 g/mol. The Morgan fingerprint density at radius 1 is 1.00 bits per heavy atom. The molecule has 0 fully saturated rings. The van der Waals surface area contributed by atoms with Gasteiger partial charge in [-0.1, -0.05) is 24.3 Å². The maximum absolute atomic E-state index is 13.1. The predicted octanol–water partition coefficient (Wildman–Crippen LogP) is 5.00. The molecule has 0 N–H and O–H groups in total. The van der Waals surface area contributed by atoms with Crippen LogP contribution in [0.2, 0.25) is 0 Å². The molecule has 0 aliphatic carbocycles. The van der Waals surface area contributed by atoms with Crippen LogP contribution in [0, 0.1) is 20.8 Å². The molecule has 6 nitrogen and oxygen atoms in total. The van der Waals surface area contributed by atoms with Gasteiger partial charge in [0.05, 0.1) is 29.6 Å². The van der Waals surface area contributed by atoms with Gasteiger partial charge in [0.15, 0.2) is 0 Å². The van der Waals surface area contributed by atoms with E-state index in [9.17, 15) is 9.59 Å². The van der Waals surface area contributed by atoms with Crippen LogP contribution in [-0.4, -0.2) is 29.3 Å². The van der Waals surface area contributed by atoms with E-state index in [0.29, 0.717) is 16.8 Å². The number of hydrogen-bond acceptors (Lipinski definition) is 4. The molecule has 32 heavy (non-hydrogen) atoms. The fraction of sp³-hybridized carbons (Fsp3) is 0.192. The molecule has 1 aliphatic rings. The second-order valence-electron chi connectivity index (χ2n) is 7.80. The number of carbonyl (C=O) groups is 2. The quantitative estimate of drug-likeness (QED) is 0.435. The van der Waals surface area contributed by atoms with E-state index in [0.717, 1.165) is 33.9 Å². The number of hydrogen-bond donors (Lipinski definition) is 0. The van der Waals surface area contributed by atoms with Crippen molar-refractivity contribution in [3.63, 3.8) is 0 Å². The lowest BCUT2D eigenvalue weighted by atomic mass is 10.1. The van der Waals surface area contributed by atoms with Crippen molar-refractivity contribution >= 4 is 29.4 Å². The summed E-state index contributed by atoms with van der Waals surface area (Å²) in [7, 11) is 1.38. The number of methoxy groups -OCH3 is 1. The number of ether oxygens (including phenoxy) is 1. The van der Waals surface area contributed by atoms with Crippen LogP contribution in [0.25, 0.3) is 11.8 Å². The van der Waals surface area contributed by atoms with Gasteiger partial charge in [-0.2, -0.15) is 10.1 Å². The van der Waals surface area contributed by atoms with E-state index in [1.807, 2.05) is 82.3 Å². The zero-order chi connectivity index (χ0) is 23.0. The van der Waals surface area contributed by atoms with Crippen molar-refractivity contribution in [2.45, 2.75) is 27.7 Å². The summed E-state index contributed by atoms with van der Waals surface area (Å²) in [4.78, 5) is 25.2. The highest BCUT2D eigenvalue weighted by Crippen LogP contribution is 2.29. The normalized spacial score (nSPS) is 14.8. The van der Waals surface area contributed by atoms with Gasteiger partial charge in [0.25, 0.3) is 5.91 Å². The molecular formula is C26H25N3O3. The number of aryl methyl sites for hydroxylation is 1. The molecule has 1 amide bonds. The van der Waals surface area contributed by atoms with Gasteiger partial charge >= 0.3 is 5.97 Å². The van der Waals surface area contributed by atoms with Crippen LogP contribution in [-0.2, 0) is 9.53 Å². The topological polar surface area (TPSA) is 63.9 Å². The summed E-state index contributed by atoms with van der Waals surface area (Å²) in [5.41, 5.74) is 7.15. The van der Waals surface area contributed by atoms with Crippen LogP contribution in [0.3, 0.4) is 0 Å². The van der Waals surface area contributed by atoms with E-state index in [1.165, 1.54) is 12.1 Å². The van der Waals surface area contributed by atoms with Gasteiger partial charge in [0.2, 0.25) is 0 Å². The Kier molecular flexibility index (Phi) is 5.53. The predicted molar refractivity (Wildman–Crippen MR) is 126 cm³/mol. The number of para-hydroxylation sites is 1. The number of esters is 1. The van der Waals surface area contributed by atoms with E-state index in [4.69, 9.17) is 4.74 Å². The van der Waals surface area contributed by atoms with E-state index in [2.05, 4.69) is 9.67 Å². The first-order valence-electron chi connectivity index (χ1n) is 10.4. The molecule has 0 saturated carbocycles. The summed E-state index contributed by atoms with van der Waals surface area (Å²) in [5.74, 6) is -0.513. The van der Waals surface area contributed by atoms with Crippen molar-refractivity contribution in [2.75, 3.05) is 12.1 Å². The minimum atomic E-state index is -0.362. The number of rotatable bonds is 4. The second-order valence-corrected chi connectivity index (χ2v) is 7.80. The molecule has 6 heteroatoms. The van der Waals surface area contributed by atoms with Crippen molar-refractivity contribution in [2.24, 2.45) is 5.10 Å². The lowest BCUT2D eigenvalue weighted by Gasteiger charge is -2.15. The van der Waals surface area contributed by atoms with Crippen LogP contribution in [0.15, 0.2) is 65.3 Å². The van der Waals surface area contributed by atoms with Gasteiger partial charge in [-0.3, -0.25) is 4.79 Å². The zero-order valence-corrected chi connectivity index (χ0v) is 18.8. The fourth-order valence-electron chi connectivity index (χ4n) is 4.09. The largest absolute Gasteiger partial charge is 0.465 e. The summed E-state index contributed by atoms with van der Waals surface area (Å²) in [6, 6.07) is 17.0. The molecule has 0 radical (unpaired) electrons. The molecule has 3 aromatic rings. The third kappa shape index (κ3) is 3.54. The average molecular weight is 428 g/mol. The Morgan fingerprint density at radius 2 is 1.72 bits per heavy atom. The van der Waals surface area contributed by atoms with Crippen LogP contribution in [0.1, 0.15) is 39.8 Å². The first kappa shape index (κ1) is 21.3. The van der Waals surface area contributed by atoms with Crippen molar-refractivity contribution in [1.82, 2.24) is 4.57 Å². The molecule has 162 valence electrons. The molecule has 0 atom stereocenters. The maximum atomic E-state index is 13.1. The Labute approximate surface area is 187 Å². The third-order valence-electron chi connectivity index (χ3n) is 5.78. The first-order chi connectivity index (χ1) is 15.3. The van der Waals surface area contributed by atoms with Crippen LogP contribution in [0.4, 0.5) is 5.69 Å². The number of amides is 1. The molecular weight excluding hydrogens is 402 g/mol. The van der Waals surface area contributed by atoms with E-state index < -0.39 is 0 Å². The highest BCUT2D eigenvalue weighted by Gasteiger charge is 2.29. The molecule has 0 spiro atoms. The molecule has 0 saturated heterocycles. The standard InChI is InChI=1S/C26H25N3O3/c1-16-14-20(15-23-18(3)27-29(25(23)30)21-10-7-6-8-11-21)19(4)28(16)24-13-9-12-22(17(24)2)26(31)32-5/h6-15H,1-5H3/b23-15+. The smallest absolute Gasteiger partial charge is 0.338 e. The lowest BCUT2D eigenvalue weighted by molar-refractivity contribution is -0.114. The van der Waals surface area contributed by atoms with Crippen LogP contribution < -0.4 is 5.01 Å². The van der Waals surface area contributed by atoms with Gasteiger partial charge in [-0.25, -0.2) is 4.79 Å². The van der Waals surface area contributed by atoms with Gasteiger partial charge in [-0.05, 0) is 75.2 Å². The van der Waals surface area contributed by atoms with Crippen molar-refractivity contribution in [3.05, 3.63) is 88.2 Å². The van der Waals surface area contributed by atoms with Crippen LogP contribution in [0.5, 0.6) is 0 Å². The van der Waals surface area contributed by atoms with Gasteiger partial charge < -0.3 is 9.30 Å². The minimum absolute atomic E-state index is 0.151. The summed E-state index contributed by atoms with van der Waals surface area (Å²) in [5, 5.41) is 5.90. The molecule has 1 aliphatic heterocycles. The number of anilines is 1. The van der Waals surface area contributed by atoms with Crippen molar-refractivity contribution in [3.8, 4) is 5.69 Å². The number of carbonyl (C=O) groups excluding carboxylic acids is 2. The highest BCUT2D eigenvalue weighted by molar-refractivity contribution is 6.32. The van der Waals surface area contributed by atoms with Crippen molar-refractivity contribution < 1.29 is 14.3 Å². The van der Waals surface area contributed by atoms with Gasteiger partial charge in [0, 0.05) is 17.1 Å². The van der Waals surface area contributed by atoms with E-state index in [-0.39, 0.29) is 11.9 Å². The van der Waals surface area contributed by atoms with Gasteiger partial charge in [-0.15, -0.1) is 0 Å². The first-order valence-corrected chi connectivity index (χ1v) is 10.4. The molecule has 4 rings (SSSR count). The van der Waals surface area contributed by atoms with Crippen LogP contribution >= 0.6 is 0 Å². The third-order valence-corrected chi connectivity index (χ3v) is 5.78. The Morgan fingerprint density at radius 3 is 2.41 bits per heavy atom. The van der Waals surface area contributed by atoms with E-state index >= 15 is 0 Å². The summed E-state index contributed by atoms with van der Waals surface area (Å²) >= 11 is 0. The number of aromatic nitrogens is 1. The summed E-state index contributed by atoms with van der Waals surface area (Å²) in [6.45, 7) is 7.76. The highest BCUT2D eigenvalue weighted by atomic mass is 16.5. The molecule has 2 aromatic carbocycles. The minimum Gasteiger partial charge on any atom is -0.465 e. The number of nitrogens with zero attached hydrogens (tertiary/aromatic N) is 3. The summed E-state index contributed by atoms with van der Waals surface area (Å²) in [6.07, 6.45) is 1.89. The zero-order valence-electron chi connectivity index (χ0n) is 18.8. The molecule has 2 heterocycles. The second kappa shape index (κ2) is 8.30. The SMILES string of the molecule is COC(=O)c1cccc(-n2c(C)cc(/C=C3/C(=O)N(c4ccccc4)N=C3C)c2C)c1C. The number of hydrazone groups is 1. The van der Waals surface area contributed by atoms with E-state index in [1.54, 1.807) is 6.07 Å². The fourth-order valence-corrected chi connectivity index (χ4v) is 4.09. The lowest BCUT2D eigenvalue weighted by Crippen LogP contribution is -2.21. The Bertz CT molecular complexity index is 1280. The van der Waals surface area contributed by atoms with Crippen molar-refractivity contribution in [1.29, 1.82) is 0 Å². The summed E-state index contributed by atoms with van der Waals surface area (Å²) < 4.78 is 7.01. The molecule has 0 unspecified atom stereocenters. The Hall–Kier alpha value is -3.93. The average Bonchev–Trinajstić information content (AvgIpc) is 3.23. The Balaban J connectivity index is 1.75. The van der Waals surface area contributed by atoms with Gasteiger partial charge in [0.1, 0.15) is 0 Å². The molecule has 0 bridgehead atoms.